The predicted octanol–water partition coefficient (Wildman–Crippen LogP) is 1.80. The van der Waals surface area contributed by atoms with Gasteiger partial charge in [-0.1, -0.05) is 34.0 Å². The summed E-state index contributed by atoms with van der Waals surface area (Å²) in [5.41, 5.74) is 0.673. The molecular formula is C11H10BrNO2. The van der Waals surface area contributed by atoms with Gasteiger partial charge in [0.05, 0.1) is 6.54 Å². The monoisotopic (exact) mass is 267 g/mol. The fourth-order valence-corrected chi connectivity index (χ4v) is 1.61. The van der Waals surface area contributed by atoms with Crippen LogP contribution in [0.4, 0.5) is 0 Å². The minimum absolute atomic E-state index is 0.226. The van der Waals surface area contributed by atoms with Gasteiger partial charge < -0.3 is 5.11 Å². The van der Waals surface area contributed by atoms with Gasteiger partial charge in [0.2, 0.25) is 0 Å². The van der Waals surface area contributed by atoms with E-state index in [4.69, 9.17) is 11.5 Å². The van der Waals surface area contributed by atoms with E-state index >= 15 is 0 Å². The molecule has 78 valence electrons. The lowest BCUT2D eigenvalue weighted by molar-refractivity contribution is -0.139. The van der Waals surface area contributed by atoms with Crippen molar-refractivity contribution in [3.05, 3.63) is 34.3 Å². The van der Waals surface area contributed by atoms with Gasteiger partial charge in [0.25, 0.3) is 0 Å². The normalized spacial score (nSPS) is 11.7. The minimum atomic E-state index is -0.941. The smallest absolute Gasteiger partial charge is 0.325 e. The van der Waals surface area contributed by atoms with Crippen molar-refractivity contribution >= 4 is 21.9 Å². The van der Waals surface area contributed by atoms with Crippen molar-refractivity contribution < 1.29 is 9.90 Å². The molecule has 0 radical (unpaired) electrons. The van der Waals surface area contributed by atoms with E-state index in [1.54, 1.807) is 18.2 Å². The van der Waals surface area contributed by atoms with Crippen LogP contribution in [0.1, 0.15) is 11.6 Å². The first-order chi connectivity index (χ1) is 7.15. The number of hydrogen-bond acceptors (Lipinski definition) is 2. The zero-order valence-corrected chi connectivity index (χ0v) is 9.49. The van der Waals surface area contributed by atoms with E-state index in [1.807, 2.05) is 6.07 Å². The second-order valence-electron chi connectivity index (χ2n) is 2.91. The molecule has 1 aromatic carbocycles. The zero-order chi connectivity index (χ0) is 11.3. The van der Waals surface area contributed by atoms with E-state index in [1.165, 1.54) is 0 Å². The Balaban J connectivity index is 2.89. The highest BCUT2D eigenvalue weighted by atomic mass is 79.9. The Morgan fingerprint density at radius 3 is 2.93 bits per heavy atom. The molecule has 0 aliphatic rings. The highest BCUT2D eigenvalue weighted by Crippen LogP contribution is 2.18. The number of halogens is 1. The van der Waals surface area contributed by atoms with Crippen LogP contribution in [0.5, 0.6) is 0 Å². The van der Waals surface area contributed by atoms with Gasteiger partial charge in [-0.25, -0.2) is 0 Å². The van der Waals surface area contributed by atoms with Gasteiger partial charge in [-0.15, -0.1) is 6.42 Å². The van der Waals surface area contributed by atoms with Crippen LogP contribution < -0.4 is 5.32 Å². The molecule has 0 fully saturated rings. The molecule has 15 heavy (non-hydrogen) atoms. The van der Waals surface area contributed by atoms with Crippen LogP contribution in [0.15, 0.2) is 28.7 Å². The van der Waals surface area contributed by atoms with Crippen molar-refractivity contribution in [3.63, 3.8) is 0 Å². The lowest BCUT2D eigenvalue weighted by Gasteiger charge is -2.13. The van der Waals surface area contributed by atoms with Gasteiger partial charge in [0, 0.05) is 4.47 Å². The van der Waals surface area contributed by atoms with Crippen molar-refractivity contribution in [2.75, 3.05) is 6.54 Å². The number of benzene rings is 1. The first-order valence-corrected chi connectivity index (χ1v) is 5.09. The molecule has 0 saturated carbocycles. The third-order valence-corrected chi connectivity index (χ3v) is 2.33. The predicted molar refractivity (Wildman–Crippen MR) is 61.4 cm³/mol. The first kappa shape index (κ1) is 11.8. The van der Waals surface area contributed by atoms with E-state index in [0.717, 1.165) is 4.47 Å². The largest absolute Gasteiger partial charge is 0.480 e. The third kappa shape index (κ3) is 3.39. The number of nitrogens with one attached hydrogen (secondary N) is 1. The highest BCUT2D eigenvalue weighted by molar-refractivity contribution is 9.10. The molecule has 1 rings (SSSR count). The Kier molecular flexibility index (Phi) is 4.35. The number of carboxylic acid groups (broad SMARTS) is 1. The van der Waals surface area contributed by atoms with E-state index < -0.39 is 12.0 Å². The molecule has 0 heterocycles. The van der Waals surface area contributed by atoms with Crippen LogP contribution in [-0.2, 0) is 4.79 Å². The number of carbonyl (C=O) groups is 1. The quantitative estimate of drug-likeness (QED) is 0.818. The Labute approximate surface area is 96.6 Å². The van der Waals surface area contributed by atoms with Crippen LogP contribution in [0.2, 0.25) is 0 Å². The molecule has 1 atom stereocenters. The van der Waals surface area contributed by atoms with Crippen LogP contribution in [0.25, 0.3) is 0 Å². The second-order valence-corrected chi connectivity index (χ2v) is 3.83. The number of aliphatic carboxylic acids is 1. The van der Waals surface area contributed by atoms with Gasteiger partial charge >= 0.3 is 5.97 Å². The molecule has 4 heteroatoms. The molecular weight excluding hydrogens is 258 g/mol. The average Bonchev–Trinajstić information content (AvgIpc) is 2.18. The van der Waals surface area contributed by atoms with Crippen molar-refractivity contribution in [1.29, 1.82) is 0 Å². The number of hydrogen-bond donors (Lipinski definition) is 2. The van der Waals surface area contributed by atoms with Gasteiger partial charge in [-0.05, 0) is 17.7 Å². The third-order valence-electron chi connectivity index (χ3n) is 1.84. The molecule has 0 amide bonds. The molecule has 0 aromatic heterocycles. The molecule has 0 aliphatic carbocycles. The van der Waals surface area contributed by atoms with Gasteiger partial charge in [0.15, 0.2) is 0 Å². The Morgan fingerprint density at radius 2 is 2.40 bits per heavy atom. The van der Waals surface area contributed by atoms with Crippen molar-refractivity contribution in [2.24, 2.45) is 0 Å². The van der Waals surface area contributed by atoms with Crippen LogP contribution in [0.3, 0.4) is 0 Å². The van der Waals surface area contributed by atoms with Crippen molar-refractivity contribution in [2.45, 2.75) is 6.04 Å². The van der Waals surface area contributed by atoms with Crippen LogP contribution in [0, 0.1) is 12.3 Å². The average molecular weight is 268 g/mol. The molecule has 3 nitrogen and oxygen atoms in total. The summed E-state index contributed by atoms with van der Waals surface area (Å²) in [5, 5.41) is 11.8. The Bertz CT molecular complexity index is 398. The molecule has 0 spiro atoms. The highest BCUT2D eigenvalue weighted by Gasteiger charge is 2.18. The van der Waals surface area contributed by atoms with Gasteiger partial charge in [-0.3, -0.25) is 10.1 Å². The minimum Gasteiger partial charge on any atom is -0.480 e. The summed E-state index contributed by atoms with van der Waals surface area (Å²) < 4.78 is 0.841. The van der Waals surface area contributed by atoms with Gasteiger partial charge in [0.1, 0.15) is 6.04 Å². The summed E-state index contributed by atoms with van der Waals surface area (Å²) in [7, 11) is 0. The van der Waals surface area contributed by atoms with E-state index in [-0.39, 0.29) is 6.54 Å². The molecule has 0 bridgehead atoms. The van der Waals surface area contributed by atoms with E-state index in [0.29, 0.717) is 5.56 Å². The second kappa shape index (κ2) is 5.54. The standard InChI is InChI=1S/C11H10BrNO2/c1-2-6-13-10(11(14)15)8-4-3-5-9(12)7-8/h1,3-5,7,10,13H,6H2,(H,14,15). The lowest BCUT2D eigenvalue weighted by atomic mass is 10.1. The number of terminal acetylenes is 1. The maximum Gasteiger partial charge on any atom is 0.325 e. The molecule has 0 aliphatic heterocycles. The maximum atomic E-state index is 11.0. The lowest BCUT2D eigenvalue weighted by Crippen LogP contribution is -2.28. The Morgan fingerprint density at radius 1 is 1.67 bits per heavy atom. The molecule has 1 unspecified atom stereocenters. The topological polar surface area (TPSA) is 49.3 Å². The first-order valence-electron chi connectivity index (χ1n) is 4.30. The zero-order valence-electron chi connectivity index (χ0n) is 7.90. The van der Waals surface area contributed by atoms with E-state index in [2.05, 4.69) is 27.2 Å². The summed E-state index contributed by atoms with van der Waals surface area (Å²) in [6.07, 6.45) is 5.07. The summed E-state index contributed by atoms with van der Waals surface area (Å²) in [6.45, 7) is 0.226. The number of rotatable bonds is 4. The summed E-state index contributed by atoms with van der Waals surface area (Å²) in [4.78, 5) is 11.0. The van der Waals surface area contributed by atoms with Crippen molar-refractivity contribution in [3.8, 4) is 12.3 Å². The fraction of sp³-hybridized carbons (Fsp3) is 0.182. The SMILES string of the molecule is C#CCNC(C(=O)O)c1cccc(Br)c1. The summed E-state index contributed by atoms with van der Waals surface area (Å²) in [5.74, 6) is 1.41. The number of carboxylic acids is 1. The molecule has 2 N–H and O–H groups in total. The molecule has 0 saturated heterocycles. The summed E-state index contributed by atoms with van der Waals surface area (Å²) in [6, 6.07) is 6.35. The van der Waals surface area contributed by atoms with Crippen LogP contribution >= 0.6 is 15.9 Å². The van der Waals surface area contributed by atoms with Crippen molar-refractivity contribution in [1.82, 2.24) is 5.32 Å². The Hall–Kier alpha value is -1.31. The van der Waals surface area contributed by atoms with Crippen LogP contribution in [-0.4, -0.2) is 17.6 Å². The fourth-order valence-electron chi connectivity index (χ4n) is 1.19. The van der Waals surface area contributed by atoms with Gasteiger partial charge in [-0.2, -0.15) is 0 Å². The summed E-state index contributed by atoms with van der Waals surface area (Å²) >= 11 is 3.29. The van der Waals surface area contributed by atoms with E-state index in [9.17, 15) is 4.79 Å². The molecule has 1 aromatic rings. The maximum absolute atomic E-state index is 11.0.